The van der Waals surface area contributed by atoms with E-state index in [2.05, 4.69) is 10.2 Å². The van der Waals surface area contributed by atoms with Crippen LogP contribution < -0.4 is 10.2 Å². The number of hydrogen-bond acceptors (Lipinski definition) is 5. The Hall–Kier alpha value is -2.61. The van der Waals surface area contributed by atoms with Crippen molar-refractivity contribution in [3.8, 4) is 0 Å². The third-order valence-electron chi connectivity index (χ3n) is 4.45. The van der Waals surface area contributed by atoms with Gasteiger partial charge < -0.3 is 24.8 Å². The number of rotatable bonds is 3. The average molecular weight is 346 g/mol. The molecule has 3 amide bonds. The first-order chi connectivity index (χ1) is 12.2. The molecule has 0 aliphatic carbocycles. The Labute approximate surface area is 146 Å². The third-order valence-corrected chi connectivity index (χ3v) is 4.45. The van der Waals surface area contributed by atoms with Gasteiger partial charge >= 0.3 is 11.8 Å². The number of morpholine rings is 1. The Morgan fingerprint density at radius 1 is 1.00 bits per heavy atom. The van der Waals surface area contributed by atoms with Gasteiger partial charge in [-0.1, -0.05) is 12.1 Å². The molecule has 8 heteroatoms. The van der Waals surface area contributed by atoms with Gasteiger partial charge in [-0.3, -0.25) is 14.4 Å². The zero-order valence-corrected chi connectivity index (χ0v) is 14.0. The third kappa shape index (κ3) is 4.08. The van der Waals surface area contributed by atoms with E-state index < -0.39 is 11.8 Å². The summed E-state index contributed by atoms with van der Waals surface area (Å²) >= 11 is 0. The normalized spacial score (nSPS) is 18.0. The molecular weight excluding hydrogens is 324 g/mol. The Morgan fingerprint density at radius 2 is 1.68 bits per heavy atom. The van der Waals surface area contributed by atoms with Crippen molar-refractivity contribution in [3.63, 3.8) is 0 Å². The van der Waals surface area contributed by atoms with Crippen molar-refractivity contribution in [3.05, 3.63) is 24.3 Å². The van der Waals surface area contributed by atoms with Gasteiger partial charge in [0.25, 0.3) is 0 Å². The van der Waals surface area contributed by atoms with Gasteiger partial charge in [0.15, 0.2) is 0 Å². The highest BCUT2D eigenvalue weighted by atomic mass is 16.5. The van der Waals surface area contributed by atoms with Crippen molar-refractivity contribution in [2.75, 3.05) is 62.7 Å². The van der Waals surface area contributed by atoms with E-state index in [0.29, 0.717) is 45.1 Å². The van der Waals surface area contributed by atoms with E-state index >= 15 is 0 Å². The zero-order valence-electron chi connectivity index (χ0n) is 14.0. The molecular formula is C17H22N4O4. The summed E-state index contributed by atoms with van der Waals surface area (Å²) in [6.07, 6.45) is 0.764. The Kier molecular flexibility index (Phi) is 5.49. The van der Waals surface area contributed by atoms with Gasteiger partial charge in [0.2, 0.25) is 6.41 Å². The molecule has 0 atom stereocenters. The van der Waals surface area contributed by atoms with Crippen LogP contribution in [0.15, 0.2) is 24.3 Å². The molecule has 2 aliphatic heterocycles. The lowest BCUT2D eigenvalue weighted by atomic mass is 10.2. The molecule has 2 aliphatic rings. The Bertz CT molecular complexity index is 637. The second kappa shape index (κ2) is 7.98. The number of piperazine rings is 1. The number of para-hydroxylation sites is 2. The molecule has 0 saturated carbocycles. The van der Waals surface area contributed by atoms with Crippen LogP contribution in [-0.2, 0) is 19.1 Å². The monoisotopic (exact) mass is 346 g/mol. The summed E-state index contributed by atoms with van der Waals surface area (Å²) in [7, 11) is 0. The van der Waals surface area contributed by atoms with E-state index in [1.54, 1.807) is 11.0 Å². The van der Waals surface area contributed by atoms with E-state index in [4.69, 9.17) is 4.74 Å². The van der Waals surface area contributed by atoms with Crippen molar-refractivity contribution < 1.29 is 19.1 Å². The predicted octanol–water partition coefficient (Wildman–Crippen LogP) is -0.238. The summed E-state index contributed by atoms with van der Waals surface area (Å²) in [6.45, 7) is 4.42. The predicted molar refractivity (Wildman–Crippen MR) is 92.3 cm³/mol. The van der Waals surface area contributed by atoms with Crippen LogP contribution >= 0.6 is 0 Å². The summed E-state index contributed by atoms with van der Waals surface area (Å²) in [5.41, 5.74) is 1.51. The van der Waals surface area contributed by atoms with Gasteiger partial charge in [0.1, 0.15) is 0 Å². The maximum Gasteiger partial charge on any atom is 0.313 e. The largest absolute Gasteiger partial charge is 0.378 e. The molecule has 2 heterocycles. The van der Waals surface area contributed by atoms with Crippen molar-refractivity contribution in [1.82, 2.24) is 9.80 Å². The van der Waals surface area contributed by atoms with Crippen LogP contribution in [0, 0.1) is 0 Å². The van der Waals surface area contributed by atoms with E-state index in [0.717, 1.165) is 25.2 Å². The molecule has 0 unspecified atom stereocenters. The van der Waals surface area contributed by atoms with Crippen molar-refractivity contribution in [1.29, 1.82) is 0 Å². The number of benzene rings is 1. The van der Waals surface area contributed by atoms with Crippen molar-refractivity contribution >= 4 is 29.6 Å². The van der Waals surface area contributed by atoms with E-state index in [1.807, 2.05) is 18.2 Å². The maximum atomic E-state index is 12.4. The van der Waals surface area contributed by atoms with Gasteiger partial charge in [-0.2, -0.15) is 0 Å². The van der Waals surface area contributed by atoms with Gasteiger partial charge in [-0.15, -0.1) is 0 Å². The molecule has 0 radical (unpaired) electrons. The molecule has 1 aromatic rings. The fourth-order valence-electron chi connectivity index (χ4n) is 3.01. The summed E-state index contributed by atoms with van der Waals surface area (Å²) in [4.78, 5) is 40.7. The van der Waals surface area contributed by atoms with Gasteiger partial charge in [-0.25, -0.2) is 0 Å². The minimum absolute atomic E-state index is 0.371. The number of nitrogens with zero attached hydrogens (tertiary/aromatic N) is 3. The lowest BCUT2D eigenvalue weighted by Crippen LogP contribution is -2.51. The molecule has 25 heavy (non-hydrogen) atoms. The lowest BCUT2D eigenvalue weighted by Gasteiger charge is -2.32. The van der Waals surface area contributed by atoms with Gasteiger partial charge in [0.05, 0.1) is 24.6 Å². The quantitative estimate of drug-likeness (QED) is 0.604. The number of anilines is 2. The maximum absolute atomic E-state index is 12.4. The molecule has 2 fully saturated rings. The van der Waals surface area contributed by atoms with Crippen LogP contribution in [-0.4, -0.2) is 80.5 Å². The van der Waals surface area contributed by atoms with Crippen LogP contribution in [0.4, 0.5) is 11.4 Å². The SMILES string of the molecule is O=CN1CCN(C(=O)C(=O)Nc2ccccc2N2CCOCC2)CC1. The van der Waals surface area contributed by atoms with Gasteiger partial charge in [-0.05, 0) is 12.1 Å². The number of nitrogens with one attached hydrogen (secondary N) is 1. The number of hydrogen-bond donors (Lipinski definition) is 1. The van der Waals surface area contributed by atoms with E-state index in [1.165, 1.54) is 4.90 Å². The highest BCUT2D eigenvalue weighted by Gasteiger charge is 2.26. The van der Waals surface area contributed by atoms with E-state index in [9.17, 15) is 14.4 Å². The fraction of sp³-hybridized carbons (Fsp3) is 0.471. The summed E-state index contributed by atoms with van der Waals surface area (Å²) in [5.74, 6) is -1.22. The number of carbonyl (C=O) groups excluding carboxylic acids is 3. The number of carbonyl (C=O) groups is 3. The van der Waals surface area contributed by atoms with E-state index in [-0.39, 0.29) is 0 Å². The van der Waals surface area contributed by atoms with Crippen LogP contribution in [0.3, 0.4) is 0 Å². The standard InChI is InChI=1S/C17H22N4O4/c22-13-19-5-7-21(8-6-19)17(24)16(23)18-14-3-1-2-4-15(14)20-9-11-25-12-10-20/h1-4,13H,5-12H2,(H,18,23). The van der Waals surface area contributed by atoms with Crippen LogP contribution in [0.5, 0.6) is 0 Å². The minimum atomic E-state index is -0.653. The molecule has 0 spiro atoms. The van der Waals surface area contributed by atoms with Crippen LogP contribution in [0.25, 0.3) is 0 Å². The minimum Gasteiger partial charge on any atom is -0.378 e. The molecule has 1 N–H and O–H groups in total. The second-order valence-corrected chi connectivity index (χ2v) is 6.00. The highest BCUT2D eigenvalue weighted by molar-refractivity contribution is 6.39. The lowest BCUT2D eigenvalue weighted by molar-refractivity contribution is -0.144. The topological polar surface area (TPSA) is 82.2 Å². The summed E-state index contributed by atoms with van der Waals surface area (Å²) < 4.78 is 5.36. The molecule has 3 rings (SSSR count). The van der Waals surface area contributed by atoms with Crippen molar-refractivity contribution in [2.45, 2.75) is 0 Å². The molecule has 0 bridgehead atoms. The van der Waals surface area contributed by atoms with Gasteiger partial charge in [0, 0.05) is 39.3 Å². The highest BCUT2D eigenvalue weighted by Crippen LogP contribution is 2.26. The molecule has 8 nitrogen and oxygen atoms in total. The number of ether oxygens (including phenoxy) is 1. The Balaban J connectivity index is 1.64. The second-order valence-electron chi connectivity index (χ2n) is 6.00. The van der Waals surface area contributed by atoms with Crippen LogP contribution in [0.2, 0.25) is 0 Å². The first kappa shape index (κ1) is 17.2. The fourth-order valence-corrected chi connectivity index (χ4v) is 3.01. The van der Waals surface area contributed by atoms with Crippen LogP contribution in [0.1, 0.15) is 0 Å². The number of amides is 3. The Morgan fingerprint density at radius 3 is 2.36 bits per heavy atom. The summed E-state index contributed by atoms with van der Waals surface area (Å²) in [6, 6.07) is 7.45. The molecule has 2 saturated heterocycles. The first-order valence-electron chi connectivity index (χ1n) is 8.40. The average Bonchev–Trinajstić information content (AvgIpc) is 2.68. The first-order valence-corrected chi connectivity index (χ1v) is 8.40. The van der Waals surface area contributed by atoms with Crippen molar-refractivity contribution in [2.24, 2.45) is 0 Å². The summed E-state index contributed by atoms with van der Waals surface area (Å²) in [5, 5.41) is 2.73. The molecule has 1 aromatic carbocycles. The molecule has 134 valence electrons. The zero-order chi connectivity index (χ0) is 17.6. The molecule has 0 aromatic heterocycles. The smallest absolute Gasteiger partial charge is 0.313 e.